The lowest BCUT2D eigenvalue weighted by atomic mass is 10.0. The summed E-state index contributed by atoms with van der Waals surface area (Å²) in [6.45, 7) is 0.258. The number of carboxylic acids is 1. The lowest BCUT2D eigenvalue weighted by molar-refractivity contribution is -0.689. The second-order valence-corrected chi connectivity index (χ2v) is 8.49. The molecule has 2 aromatic heterocycles. The van der Waals surface area contributed by atoms with Crippen molar-refractivity contribution in [2.24, 2.45) is 5.16 Å². The highest BCUT2D eigenvalue weighted by atomic mass is 32.2. The zero-order chi connectivity index (χ0) is 22.8. The van der Waals surface area contributed by atoms with E-state index in [1.807, 2.05) is 0 Å². The zero-order valence-electron chi connectivity index (χ0n) is 16.5. The standard InChI is InChI=1S/C17H16N8O5S2/c1-30-22-9(12-21-17(18)32-23-12)13(26)20-10-14(27)25-11(16(28)29)8(7-31-15(10)25)6-24-4-2-19-3-5-24/h2-5,10,15H,6-7H2,1H3,(H3-,18,20,21,23,26,28,29)/t10?,15-/m0/s1. The van der Waals surface area contributed by atoms with Crippen LogP contribution in [0.25, 0.3) is 0 Å². The van der Waals surface area contributed by atoms with E-state index in [0.717, 1.165) is 16.4 Å². The first-order valence-electron chi connectivity index (χ1n) is 9.09. The van der Waals surface area contributed by atoms with Gasteiger partial charge in [0, 0.05) is 22.9 Å². The van der Waals surface area contributed by atoms with Crippen molar-refractivity contribution < 1.29 is 28.9 Å². The van der Waals surface area contributed by atoms with E-state index in [1.54, 1.807) is 29.4 Å². The fourth-order valence-corrected chi connectivity index (χ4v) is 5.05. The Morgan fingerprint density at radius 3 is 2.81 bits per heavy atom. The quantitative estimate of drug-likeness (QED) is 0.184. The second-order valence-electron chi connectivity index (χ2n) is 6.60. The number of aromatic nitrogens is 4. The Morgan fingerprint density at radius 2 is 2.19 bits per heavy atom. The molecule has 2 aliphatic heterocycles. The molecule has 0 radical (unpaired) electrons. The van der Waals surface area contributed by atoms with E-state index in [1.165, 1.54) is 18.9 Å². The largest absolute Gasteiger partial charge is 0.543 e. The predicted molar refractivity (Wildman–Crippen MR) is 109 cm³/mol. The van der Waals surface area contributed by atoms with Crippen molar-refractivity contribution in [1.29, 1.82) is 0 Å². The highest BCUT2D eigenvalue weighted by molar-refractivity contribution is 8.00. The first kappa shape index (κ1) is 21.6. The number of thioether (sulfide) groups is 1. The Balaban J connectivity index is 1.53. The van der Waals surface area contributed by atoms with Crippen LogP contribution in [0.1, 0.15) is 5.82 Å². The Labute approximate surface area is 189 Å². The molecule has 3 N–H and O–H groups in total. The van der Waals surface area contributed by atoms with E-state index >= 15 is 0 Å². The van der Waals surface area contributed by atoms with E-state index < -0.39 is 29.2 Å². The number of aliphatic carboxylic acids is 1. The van der Waals surface area contributed by atoms with Crippen LogP contribution >= 0.6 is 23.3 Å². The van der Waals surface area contributed by atoms with Crippen LogP contribution in [0, 0.1) is 0 Å². The molecule has 32 heavy (non-hydrogen) atoms. The van der Waals surface area contributed by atoms with E-state index in [0.29, 0.717) is 11.3 Å². The number of carboxylic acid groups (broad SMARTS) is 1. The van der Waals surface area contributed by atoms with E-state index in [4.69, 9.17) is 5.73 Å². The average Bonchev–Trinajstić information content (AvgIpc) is 3.21. The van der Waals surface area contributed by atoms with E-state index in [2.05, 4.69) is 29.7 Å². The van der Waals surface area contributed by atoms with Gasteiger partial charge in [-0.15, -0.1) is 11.8 Å². The molecule has 0 aliphatic carbocycles. The average molecular weight is 477 g/mol. The predicted octanol–water partition coefficient (Wildman–Crippen LogP) is -2.74. The summed E-state index contributed by atoms with van der Waals surface area (Å²) < 4.78 is 5.67. The van der Waals surface area contributed by atoms with Crippen molar-refractivity contribution in [1.82, 2.24) is 24.6 Å². The summed E-state index contributed by atoms with van der Waals surface area (Å²) >= 11 is 2.21. The zero-order valence-corrected chi connectivity index (χ0v) is 18.1. The monoisotopic (exact) mass is 476 g/mol. The minimum Gasteiger partial charge on any atom is -0.543 e. The third-order valence-electron chi connectivity index (χ3n) is 4.64. The number of amides is 2. The lowest BCUT2D eigenvalue weighted by Gasteiger charge is -2.50. The van der Waals surface area contributed by atoms with Crippen LogP contribution in [-0.2, 0) is 25.8 Å². The number of nitrogens with zero attached hydrogens (tertiary/aromatic N) is 6. The number of nitrogens with two attached hydrogens (primary N) is 1. The van der Waals surface area contributed by atoms with Gasteiger partial charge in [-0.05, 0) is 0 Å². The maximum atomic E-state index is 12.8. The summed E-state index contributed by atoms with van der Waals surface area (Å²) in [5.41, 5.74) is 5.63. The first-order valence-corrected chi connectivity index (χ1v) is 10.9. The second kappa shape index (κ2) is 8.88. The van der Waals surface area contributed by atoms with Crippen LogP contribution in [0.4, 0.5) is 5.13 Å². The molecule has 1 unspecified atom stereocenters. The molecule has 0 spiro atoms. The maximum Gasteiger partial charge on any atom is 0.278 e. The number of oxime groups is 1. The molecular formula is C17H16N8O5S2. The molecule has 4 rings (SSSR count). The van der Waals surface area contributed by atoms with Gasteiger partial charge >= 0.3 is 0 Å². The number of rotatable bonds is 7. The summed E-state index contributed by atoms with van der Waals surface area (Å²) in [7, 11) is 1.25. The highest BCUT2D eigenvalue weighted by Gasteiger charge is 2.53. The number of nitrogen functional groups attached to an aromatic ring is 1. The topological polar surface area (TPSA) is 180 Å². The van der Waals surface area contributed by atoms with Crippen molar-refractivity contribution >= 4 is 51.9 Å². The molecule has 1 saturated heterocycles. The third-order valence-corrected chi connectivity index (χ3v) is 6.52. The number of β-lactam (4-membered cyclic amide) rings is 1. The van der Waals surface area contributed by atoms with Crippen LogP contribution in [0.2, 0.25) is 0 Å². The molecule has 13 nitrogen and oxygen atoms in total. The van der Waals surface area contributed by atoms with Gasteiger partial charge in [0.05, 0.1) is 24.1 Å². The number of carbonyl (C=O) groups is 3. The van der Waals surface area contributed by atoms with Gasteiger partial charge in [0.15, 0.2) is 24.1 Å². The van der Waals surface area contributed by atoms with Gasteiger partial charge in [0.2, 0.25) is 11.5 Å². The minimum atomic E-state index is -1.46. The van der Waals surface area contributed by atoms with Crippen molar-refractivity contribution in [3.8, 4) is 0 Å². The normalized spacial score (nSPS) is 20.5. The van der Waals surface area contributed by atoms with Crippen molar-refractivity contribution in [3.05, 3.63) is 41.9 Å². The molecule has 2 amide bonds. The van der Waals surface area contributed by atoms with Crippen LogP contribution in [0.5, 0.6) is 0 Å². The Kier molecular flexibility index (Phi) is 6.00. The van der Waals surface area contributed by atoms with Crippen LogP contribution in [-0.4, -0.2) is 67.0 Å². The molecule has 2 aromatic rings. The van der Waals surface area contributed by atoms with Crippen molar-refractivity contribution in [3.63, 3.8) is 0 Å². The molecule has 0 bridgehead atoms. The molecule has 166 valence electrons. The number of hydrogen-bond acceptors (Lipinski definition) is 12. The van der Waals surface area contributed by atoms with Gasteiger partial charge in [-0.2, -0.15) is 13.9 Å². The Hall–Kier alpha value is -3.59. The summed E-state index contributed by atoms with van der Waals surface area (Å²) in [5.74, 6) is -2.49. The summed E-state index contributed by atoms with van der Waals surface area (Å²) in [5, 5.41) is 17.6. The summed E-state index contributed by atoms with van der Waals surface area (Å²) in [6, 6.07) is -0.963. The molecule has 1 fully saturated rings. The number of hydrogen-bond donors (Lipinski definition) is 2. The number of anilines is 1. The molecular weight excluding hydrogens is 460 g/mol. The number of nitrogens with one attached hydrogen (secondary N) is 1. The van der Waals surface area contributed by atoms with E-state index in [9.17, 15) is 19.5 Å². The van der Waals surface area contributed by atoms with Crippen LogP contribution < -0.4 is 20.7 Å². The third kappa shape index (κ3) is 3.99. The lowest BCUT2D eigenvalue weighted by Crippen LogP contribution is -2.71. The summed E-state index contributed by atoms with van der Waals surface area (Å²) in [4.78, 5) is 51.0. The van der Waals surface area contributed by atoms with Gasteiger partial charge in [-0.25, -0.2) is 0 Å². The fourth-order valence-electron chi connectivity index (χ4n) is 3.28. The van der Waals surface area contributed by atoms with Crippen LogP contribution in [0.15, 0.2) is 41.2 Å². The molecule has 15 heteroatoms. The number of carbonyl (C=O) groups excluding carboxylic acids is 3. The van der Waals surface area contributed by atoms with E-state index in [-0.39, 0.29) is 28.9 Å². The van der Waals surface area contributed by atoms with Gasteiger partial charge in [0.1, 0.15) is 18.5 Å². The Morgan fingerprint density at radius 1 is 1.44 bits per heavy atom. The summed E-state index contributed by atoms with van der Waals surface area (Å²) in [6.07, 6.45) is 6.52. The van der Waals surface area contributed by atoms with Gasteiger partial charge < -0.3 is 25.8 Å². The van der Waals surface area contributed by atoms with Crippen LogP contribution in [0.3, 0.4) is 0 Å². The number of fused-ring (bicyclic) bond motifs is 1. The van der Waals surface area contributed by atoms with Gasteiger partial charge in [-0.1, -0.05) is 5.16 Å². The first-order chi connectivity index (χ1) is 15.4. The van der Waals surface area contributed by atoms with Crippen molar-refractivity contribution in [2.45, 2.75) is 18.0 Å². The molecule has 0 saturated carbocycles. The van der Waals surface area contributed by atoms with Crippen molar-refractivity contribution in [2.75, 3.05) is 18.6 Å². The van der Waals surface area contributed by atoms with Gasteiger partial charge in [0.25, 0.3) is 11.8 Å². The SMILES string of the molecule is CON=C(C(=O)NC1C(=O)N2C(C(=O)[O-])=C(C[n+]3ccncc3)CS[C@@H]12)c1nsc(N)n1. The van der Waals surface area contributed by atoms with Gasteiger partial charge in [-0.3, -0.25) is 19.5 Å². The Bertz CT molecular complexity index is 1130. The minimum absolute atomic E-state index is 0.0428. The molecule has 2 aliphatic rings. The maximum absolute atomic E-state index is 12.8. The molecule has 4 heterocycles. The highest BCUT2D eigenvalue weighted by Crippen LogP contribution is 2.40. The fraction of sp³-hybridized carbons (Fsp3) is 0.294. The molecule has 2 atom stereocenters. The molecule has 0 aromatic carbocycles. The smallest absolute Gasteiger partial charge is 0.278 e.